The minimum Gasteiger partial charge on any atom is -0.325 e. The Balaban J connectivity index is 1.34. The lowest BCUT2D eigenvalue weighted by Crippen LogP contribution is -2.38. The predicted molar refractivity (Wildman–Crippen MR) is 136 cm³/mol. The van der Waals surface area contributed by atoms with Gasteiger partial charge in [-0.15, -0.1) is 0 Å². The van der Waals surface area contributed by atoms with Crippen LogP contribution in [-0.4, -0.2) is 60.2 Å². The summed E-state index contributed by atoms with van der Waals surface area (Å²) in [5, 5.41) is 3.31. The molecule has 1 aliphatic carbocycles. The van der Waals surface area contributed by atoms with Crippen LogP contribution in [0.5, 0.6) is 0 Å². The van der Waals surface area contributed by atoms with Gasteiger partial charge < -0.3 is 10.3 Å². The van der Waals surface area contributed by atoms with Gasteiger partial charge in [-0.3, -0.25) is 14.5 Å². The van der Waals surface area contributed by atoms with Crippen LogP contribution in [0.4, 0.5) is 5.69 Å². The van der Waals surface area contributed by atoms with E-state index in [4.69, 9.17) is 0 Å². The van der Waals surface area contributed by atoms with E-state index in [9.17, 15) is 18.0 Å². The Morgan fingerprint density at radius 1 is 1.06 bits per heavy atom. The molecule has 9 nitrogen and oxygen atoms in total. The third kappa shape index (κ3) is 5.95. The van der Waals surface area contributed by atoms with Crippen molar-refractivity contribution in [3.8, 4) is 0 Å². The van der Waals surface area contributed by atoms with Crippen LogP contribution in [0.1, 0.15) is 37.9 Å². The maximum atomic E-state index is 13.0. The first kappa shape index (κ1) is 25.0. The second kappa shape index (κ2) is 10.7. The van der Waals surface area contributed by atoms with Gasteiger partial charge in [0.1, 0.15) is 5.82 Å². The van der Waals surface area contributed by atoms with E-state index in [0.29, 0.717) is 22.4 Å². The largest absolute Gasteiger partial charge is 0.325 e. The third-order valence-electron chi connectivity index (χ3n) is 6.40. The zero-order valence-corrected chi connectivity index (χ0v) is 20.8. The molecule has 0 atom stereocenters. The Bertz CT molecular complexity index is 1350. The molecule has 186 valence electrons. The summed E-state index contributed by atoms with van der Waals surface area (Å²) >= 11 is 0. The molecular formula is C25H31N5O4S. The van der Waals surface area contributed by atoms with Crippen molar-refractivity contribution in [2.45, 2.75) is 49.6 Å². The lowest BCUT2D eigenvalue weighted by atomic mass is 9.96. The van der Waals surface area contributed by atoms with Crippen molar-refractivity contribution in [1.29, 1.82) is 0 Å². The Labute approximate surface area is 205 Å². The summed E-state index contributed by atoms with van der Waals surface area (Å²) in [5.74, 6) is 0.214. The van der Waals surface area contributed by atoms with Gasteiger partial charge in [0.15, 0.2) is 0 Å². The SMILES string of the molecule is CN(CC(=O)Nc1ccc(S(=O)(=O)N(C)C2CCCCC2)cc1)Cc1nc2ccccc2c(=O)[nH]1. The molecule has 1 aromatic heterocycles. The summed E-state index contributed by atoms with van der Waals surface area (Å²) in [4.78, 5) is 33.9. The predicted octanol–water partition coefficient (Wildman–Crippen LogP) is 2.95. The quantitative estimate of drug-likeness (QED) is 0.494. The second-order valence-electron chi connectivity index (χ2n) is 9.09. The first-order valence-corrected chi connectivity index (χ1v) is 13.2. The van der Waals surface area contributed by atoms with Crippen LogP contribution in [0.2, 0.25) is 0 Å². The van der Waals surface area contributed by atoms with E-state index in [1.807, 2.05) is 6.07 Å². The number of H-pyrrole nitrogens is 1. The van der Waals surface area contributed by atoms with Crippen LogP contribution < -0.4 is 10.9 Å². The molecule has 0 bridgehead atoms. The molecule has 10 heteroatoms. The highest BCUT2D eigenvalue weighted by molar-refractivity contribution is 7.89. The van der Waals surface area contributed by atoms with E-state index < -0.39 is 10.0 Å². The Morgan fingerprint density at radius 3 is 2.46 bits per heavy atom. The number of fused-ring (bicyclic) bond motifs is 1. The van der Waals surface area contributed by atoms with E-state index in [1.54, 1.807) is 49.3 Å². The number of anilines is 1. The molecule has 2 N–H and O–H groups in total. The summed E-state index contributed by atoms with van der Waals surface area (Å²) in [7, 11) is -0.177. The maximum Gasteiger partial charge on any atom is 0.258 e. The first-order chi connectivity index (χ1) is 16.7. The number of para-hydroxylation sites is 1. The molecule has 0 spiro atoms. The summed E-state index contributed by atoms with van der Waals surface area (Å²) in [6.07, 6.45) is 5.04. The van der Waals surface area contributed by atoms with E-state index in [-0.39, 0.29) is 35.5 Å². The van der Waals surface area contributed by atoms with Gasteiger partial charge >= 0.3 is 0 Å². The highest BCUT2D eigenvalue weighted by atomic mass is 32.2. The number of likely N-dealkylation sites (N-methyl/N-ethyl adjacent to an activating group) is 1. The minimum atomic E-state index is -3.58. The number of rotatable bonds is 8. The fourth-order valence-corrected chi connectivity index (χ4v) is 5.90. The van der Waals surface area contributed by atoms with Crippen molar-refractivity contribution in [2.75, 3.05) is 26.0 Å². The van der Waals surface area contributed by atoms with Crippen molar-refractivity contribution in [1.82, 2.24) is 19.2 Å². The molecular weight excluding hydrogens is 466 g/mol. The number of aromatic nitrogens is 2. The van der Waals surface area contributed by atoms with Crippen LogP contribution in [0.3, 0.4) is 0 Å². The highest BCUT2D eigenvalue weighted by Crippen LogP contribution is 2.27. The van der Waals surface area contributed by atoms with E-state index in [1.165, 1.54) is 16.4 Å². The van der Waals surface area contributed by atoms with Gasteiger partial charge in [0.25, 0.3) is 5.56 Å². The zero-order valence-electron chi connectivity index (χ0n) is 20.0. The van der Waals surface area contributed by atoms with Crippen LogP contribution in [0, 0.1) is 0 Å². The average Bonchev–Trinajstić information content (AvgIpc) is 2.84. The molecule has 0 aliphatic heterocycles. The molecule has 4 rings (SSSR count). The molecule has 0 saturated heterocycles. The van der Waals surface area contributed by atoms with Crippen LogP contribution in [0.15, 0.2) is 58.2 Å². The number of benzene rings is 2. The van der Waals surface area contributed by atoms with Crippen LogP contribution in [0.25, 0.3) is 10.9 Å². The van der Waals surface area contributed by atoms with Gasteiger partial charge in [0.05, 0.1) is 28.9 Å². The molecule has 2 aromatic carbocycles. The van der Waals surface area contributed by atoms with E-state index >= 15 is 0 Å². The number of hydrogen-bond acceptors (Lipinski definition) is 6. The van der Waals surface area contributed by atoms with Crippen molar-refractivity contribution in [3.63, 3.8) is 0 Å². The summed E-state index contributed by atoms with van der Waals surface area (Å²) < 4.78 is 27.5. The average molecular weight is 498 g/mol. The highest BCUT2D eigenvalue weighted by Gasteiger charge is 2.29. The molecule has 1 fully saturated rings. The number of hydrogen-bond donors (Lipinski definition) is 2. The molecule has 1 aliphatic rings. The number of nitrogens with zero attached hydrogens (tertiary/aromatic N) is 3. The van der Waals surface area contributed by atoms with E-state index in [2.05, 4.69) is 15.3 Å². The van der Waals surface area contributed by atoms with Crippen molar-refractivity contribution < 1.29 is 13.2 Å². The smallest absolute Gasteiger partial charge is 0.258 e. The second-order valence-corrected chi connectivity index (χ2v) is 11.1. The molecule has 3 aromatic rings. The standard InChI is InChI=1S/C25H31N5O4S/c1-29(16-23-27-22-11-7-6-10-21(22)25(32)28-23)17-24(31)26-18-12-14-20(15-13-18)35(33,34)30(2)19-8-4-3-5-9-19/h6-7,10-15,19H,3-5,8-9,16-17H2,1-2H3,(H,26,31)(H,27,28,32). The summed E-state index contributed by atoms with van der Waals surface area (Å²) in [6.45, 7) is 0.360. The van der Waals surface area contributed by atoms with E-state index in [0.717, 1.165) is 32.1 Å². The topological polar surface area (TPSA) is 115 Å². The molecule has 0 unspecified atom stereocenters. The normalized spacial score (nSPS) is 15.1. The third-order valence-corrected chi connectivity index (χ3v) is 8.32. The van der Waals surface area contributed by atoms with Crippen molar-refractivity contribution in [2.24, 2.45) is 0 Å². The molecule has 0 radical (unpaired) electrons. The molecule has 1 amide bonds. The Hall–Kier alpha value is -3.08. The fourth-order valence-electron chi connectivity index (χ4n) is 4.48. The lowest BCUT2D eigenvalue weighted by Gasteiger charge is -2.30. The summed E-state index contributed by atoms with van der Waals surface area (Å²) in [6, 6.07) is 13.4. The first-order valence-electron chi connectivity index (χ1n) is 11.8. The molecule has 35 heavy (non-hydrogen) atoms. The van der Waals surface area contributed by atoms with Gasteiger partial charge in [0, 0.05) is 18.8 Å². The van der Waals surface area contributed by atoms with Crippen LogP contribution >= 0.6 is 0 Å². The fraction of sp³-hybridized carbons (Fsp3) is 0.400. The zero-order chi connectivity index (χ0) is 25.0. The number of aromatic amines is 1. The van der Waals surface area contributed by atoms with Crippen molar-refractivity contribution >= 4 is 32.5 Å². The lowest BCUT2D eigenvalue weighted by molar-refractivity contribution is -0.117. The number of nitrogens with one attached hydrogen (secondary N) is 2. The van der Waals surface area contributed by atoms with Crippen LogP contribution in [-0.2, 0) is 21.4 Å². The number of carbonyl (C=O) groups is 1. The molecule has 1 saturated carbocycles. The maximum absolute atomic E-state index is 13.0. The van der Waals surface area contributed by atoms with Gasteiger partial charge in [0.2, 0.25) is 15.9 Å². The monoisotopic (exact) mass is 497 g/mol. The molecule has 1 heterocycles. The van der Waals surface area contributed by atoms with Crippen molar-refractivity contribution in [3.05, 3.63) is 64.7 Å². The Kier molecular flexibility index (Phi) is 7.63. The van der Waals surface area contributed by atoms with Gasteiger partial charge in [-0.25, -0.2) is 13.4 Å². The number of carbonyl (C=O) groups excluding carboxylic acids is 1. The number of amides is 1. The Morgan fingerprint density at radius 2 is 1.74 bits per heavy atom. The van der Waals surface area contributed by atoms with Gasteiger partial charge in [-0.1, -0.05) is 31.4 Å². The van der Waals surface area contributed by atoms with Gasteiger partial charge in [-0.05, 0) is 56.3 Å². The summed E-state index contributed by atoms with van der Waals surface area (Å²) in [5.41, 5.74) is 0.904. The van der Waals surface area contributed by atoms with Gasteiger partial charge in [-0.2, -0.15) is 4.31 Å². The minimum absolute atomic E-state index is 0.0377. The number of sulfonamides is 1.